The Labute approximate surface area is 151 Å². The summed E-state index contributed by atoms with van der Waals surface area (Å²) < 4.78 is 38.2. The summed E-state index contributed by atoms with van der Waals surface area (Å²) in [6, 6.07) is 7.63. The average Bonchev–Trinajstić information content (AvgIpc) is 3.08. The first-order chi connectivity index (χ1) is 12.3. The Balaban J connectivity index is 1.42. The van der Waals surface area contributed by atoms with Gasteiger partial charge < -0.3 is 16.0 Å². The summed E-state index contributed by atoms with van der Waals surface area (Å²) in [6.45, 7) is 2.59. The van der Waals surface area contributed by atoms with E-state index in [0.717, 1.165) is 31.7 Å². The molecule has 1 atom stereocenters. The molecule has 1 saturated carbocycles. The van der Waals surface area contributed by atoms with Crippen LogP contribution in [0.2, 0.25) is 0 Å². The predicted molar refractivity (Wildman–Crippen MR) is 95.1 cm³/mol. The second-order valence-electron chi connectivity index (χ2n) is 7.51. The lowest BCUT2D eigenvalue weighted by Crippen LogP contribution is -2.38. The Hall–Kier alpha value is -1.76. The number of anilines is 1. The van der Waals surface area contributed by atoms with E-state index >= 15 is 0 Å². The largest absolute Gasteiger partial charge is 0.391 e. The molecule has 0 unspecified atom stereocenters. The molecule has 0 bridgehead atoms. The highest BCUT2D eigenvalue weighted by Crippen LogP contribution is 2.39. The number of rotatable bonds is 5. The van der Waals surface area contributed by atoms with Crippen molar-refractivity contribution >= 4 is 11.6 Å². The lowest BCUT2D eigenvalue weighted by molar-refractivity contribution is -0.183. The van der Waals surface area contributed by atoms with Crippen LogP contribution in [0.25, 0.3) is 0 Å². The lowest BCUT2D eigenvalue weighted by Gasteiger charge is -2.30. The first kappa shape index (κ1) is 19.0. The van der Waals surface area contributed by atoms with Crippen molar-refractivity contribution in [3.05, 3.63) is 29.8 Å². The summed E-state index contributed by atoms with van der Waals surface area (Å²) in [6.07, 6.45) is -1.19. The maximum atomic E-state index is 12.7. The number of hydrogen-bond donors (Lipinski definition) is 2. The fourth-order valence-corrected chi connectivity index (χ4v) is 4.03. The number of benzene rings is 1. The molecule has 0 spiro atoms. The molecule has 2 aliphatic rings. The molecule has 3 rings (SSSR count). The second kappa shape index (κ2) is 7.86. The number of alkyl halides is 3. The third-order valence-electron chi connectivity index (χ3n) is 5.71. The number of nitrogens with zero attached hydrogens (tertiary/aromatic N) is 1. The zero-order chi connectivity index (χ0) is 18.7. The molecule has 1 amide bonds. The number of nitrogens with one attached hydrogen (secondary N) is 1. The minimum atomic E-state index is -4.03. The SMILES string of the molecule is NC(=O)c1ccc(N2CC[C@@H](NC[C@H]3CC[C@H](C(F)(F)F)CC3)C2)cc1. The van der Waals surface area contributed by atoms with Crippen molar-refractivity contribution in [3.63, 3.8) is 0 Å². The van der Waals surface area contributed by atoms with E-state index in [-0.39, 0.29) is 12.8 Å². The molecule has 1 aromatic carbocycles. The van der Waals surface area contributed by atoms with Crippen molar-refractivity contribution in [2.24, 2.45) is 17.6 Å². The maximum Gasteiger partial charge on any atom is 0.391 e. The van der Waals surface area contributed by atoms with Crippen LogP contribution in [0.4, 0.5) is 18.9 Å². The quantitative estimate of drug-likeness (QED) is 0.837. The van der Waals surface area contributed by atoms with E-state index in [2.05, 4.69) is 10.2 Å². The fourth-order valence-electron chi connectivity index (χ4n) is 4.03. The summed E-state index contributed by atoms with van der Waals surface area (Å²) in [5, 5.41) is 3.54. The molecule has 4 nitrogen and oxygen atoms in total. The van der Waals surface area contributed by atoms with Gasteiger partial charge in [0.1, 0.15) is 0 Å². The molecule has 26 heavy (non-hydrogen) atoms. The second-order valence-corrected chi connectivity index (χ2v) is 7.51. The van der Waals surface area contributed by atoms with Gasteiger partial charge in [-0.1, -0.05) is 0 Å². The Kier molecular flexibility index (Phi) is 5.75. The Bertz CT molecular complexity index is 609. The predicted octanol–water partition coefficient (Wildman–Crippen LogP) is 3.32. The molecule has 7 heteroatoms. The highest BCUT2D eigenvalue weighted by Gasteiger charge is 2.41. The van der Waals surface area contributed by atoms with Crippen LogP contribution in [0.5, 0.6) is 0 Å². The minimum Gasteiger partial charge on any atom is -0.370 e. The van der Waals surface area contributed by atoms with Gasteiger partial charge in [-0.15, -0.1) is 0 Å². The van der Waals surface area contributed by atoms with Crippen LogP contribution >= 0.6 is 0 Å². The maximum absolute atomic E-state index is 12.7. The number of nitrogens with two attached hydrogens (primary N) is 1. The number of carbonyl (C=O) groups is 1. The van der Waals surface area contributed by atoms with Gasteiger partial charge in [-0.25, -0.2) is 0 Å². The summed E-state index contributed by atoms with van der Waals surface area (Å²) >= 11 is 0. The van der Waals surface area contributed by atoms with Crippen LogP contribution < -0.4 is 16.0 Å². The number of primary amides is 1. The smallest absolute Gasteiger partial charge is 0.370 e. The topological polar surface area (TPSA) is 58.4 Å². The molecule has 1 aromatic rings. The first-order valence-electron chi connectivity index (χ1n) is 9.28. The van der Waals surface area contributed by atoms with Gasteiger partial charge in [0.2, 0.25) is 5.91 Å². The van der Waals surface area contributed by atoms with E-state index in [9.17, 15) is 18.0 Å². The number of carbonyl (C=O) groups excluding carboxylic acids is 1. The van der Waals surface area contributed by atoms with Gasteiger partial charge in [0.05, 0.1) is 5.92 Å². The van der Waals surface area contributed by atoms with Gasteiger partial charge in [0.25, 0.3) is 0 Å². The van der Waals surface area contributed by atoms with Crippen molar-refractivity contribution < 1.29 is 18.0 Å². The summed E-state index contributed by atoms with van der Waals surface area (Å²) in [5.41, 5.74) is 6.81. The molecule has 1 heterocycles. The van der Waals surface area contributed by atoms with Crippen molar-refractivity contribution in [3.8, 4) is 0 Å². The van der Waals surface area contributed by atoms with E-state index in [1.807, 2.05) is 12.1 Å². The monoisotopic (exact) mass is 369 g/mol. The lowest BCUT2D eigenvalue weighted by atomic mass is 9.81. The van der Waals surface area contributed by atoms with Crippen LogP contribution in [0.1, 0.15) is 42.5 Å². The zero-order valence-corrected chi connectivity index (χ0v) is 14.8. The molecule has 0 radical (unpaired) electrons. The van der Waals surface area contributed by atoms with Crippen LogP contribution in [0.3, 0.4) is 0 Å². The highest BCUT2D eigenvalue weighted by atomic mass is 19.4. The highest BCUT2D eigenvalue weighted by molar-refractivity contribution is 5.93. The van der Waals surface area contributed by atoms with E-state index in [0.29, 0.717) is 30.4 Å². The molecule has 1 saturated heterocycles. The summed E-state index contributed by atoms with van der Waals surface area (Å²) in [4.78, 5) is 13.4. The van der Waals surface area contributed by atoms with Gasteiger partial charge in [0.15, 0.2) is 0 Å². The number of amides is 1. The summed E-state index contributed by atoms with van der Waals surface area (Å²) in [7, 11) is 0. The third kappa shape index (κ3) is 4.69. The van der Waals surface area contributed by atoms with Gasteiger partial charge >= 0.3 is 6.18 Å². The van der Waals surface area contributed by atoms with Crippen LogP contribution in [-0.4, -0.2) is 37.8 Å². The third-order valence-corrected chi connectivity index (χ3v) is 5.71. The summed E-state index contributed by atoms with van der Waals surface area (Å²) in [5.74, 6) is -1.20. The van der Waals surface area contributed by atoms with Crippen LogP contribution in [-0.2, 0) is 0 Å². The molecule has 0 aromatic heterocycles. The molecule has 2 fully saturated rings. The normalized spacial score (nSPS) is 26.9. The first-order valence-corrected chi connectivity index (χ1v) is 9.28. The van der Waals surface area contributed by atoms with Gasteiger partial charge in [-0.2, -0.15) is 13.2 Å². The van der Waals surface area contributed by atoms with Gasteiger partial charge in [-0.05, 0) is 68.8 Å². The number of hydrogen-bond acceptors (Lipinski definition) is 3. The fraction of sp³-hybridized carbons (Fsp3) is 0.632. The molecule has 1 aliphatic carbocycles. The van der Waals surface area contributed by atoms with Crippen molar-refractivity contribution in [2.45, 2.75) is 44.3 Å². The van der Waals surface area contributed by atoms with Crippen molar-refractivity contribution in [2.75, 3.05) is 24.5 Å². The van der Waals surface area contributed by atoms with E-state index in [1.165, 1.54) is 0 Å². The van der Waals surface area contributed by atoms with Crippen LogP contribution in [0, 0.1) is 11.8 Å². The molecular weight excluding hydrogens is 343 g/mol. The van der Waals surface area contributed by atoms with E-state index < -0.39 is 18.0 Å². The van der Waals surface area contributed by atoms with Gasteiger partial charge in [0, 0.05) is 30.4 Å². The number of halogens is 3. The molecule has 1 aliphatic heterocycles. The zero-order valence-electron chi connectivity index (χ0n) is 14.8. The Morgan fingerprint density at radius 1 is 1.12 bits per heavy atom. The Morgan fingerprint density at radius 2 is 1.77 bits per heavy atom. The van der Waals surface area contributed by atoms with E-state index in [1.54, 1.807) is 12.1 Å². The standard InChI is InChI=1S/C19H26F3N3O/c20-19(21,22)15-5-1-13(2-6-15)11-24-16-9-10-25(12-16)17-7-3-14(4-8-17)18(23)26/h3-4,7-8,13,15-16,24H,1-2,5-6,9-12H2,(H2,23,26)/t13-,15-,16-/m1/s1. The van der Waals surface area contributed by atoms with Crippen LogP contribution in [0.15, 0.2) is 24.3 Å². The molecule has 3 N–H and O–H groups in total. The van der Waals surface area contributed by atoms with Gasteiger partial charge in [-0.3, -0.25) is 4.79 Å². The molecular formula is C19H26F3N3O. The van der Waals surface area contributed by atoms with E-state index in [4.69, 9.17) is 5.73 Å². The Morgan fingerprint density at radius 3 is 2.35 bits per heavy atom. The average molecular weight is 369 g/mol. The van der Waals surface area contributed by atoms with Crippen molar-refractivity contribution in [1.29, 1.82) is 0 Å². The van der Waals surface area contributed by atoms with Crippen molar-refractivity contribution in [1.82, 2.24) is 5.32 Å². The minimum absolute atomic E-state index is 0.263. The molecule has 144 valence electrons.